The van der Waals surface area contributed by atoms with Crippen LogP contribution >= 0.6 is 11.3 Å². The van der Waals surface area contributed by atoms with E-state index in [0.717, 1.165) is 11.1 Å². The molecule has 0 radical (unpaired) electrons. The number of amidine groups is 1. The van der Waals surface area contributed by atoms with E-state index < -0.39 is 35.0 Å². The Balaban J connectivity index is 0.00000408. The molecule has 2 heterocycles. The van der Waals surface area contributed by atoms with Gasteiger partial charge in [-0.25, -0.2) is 11.0 Å². The molecule has 0 fully saturated rings. The van der Waals surface area contributed by atoms with Crippen LogP contribution in [0.5, 0.6) is 0 Å². The van der Waals surface area contributed by atoms with Gasteiger partial charge in [0, 0.05) is 5.56 Å². The molecular weight excluding hydrogens is 463 g/mol. The summed E-state index contributed by atoms with van der Waals surface area (Å²) in [5, 5.41) is 7.65. The first-order chi connectivity index (χ1) is 15.3. The van der Waals surface area contributed by atoms with E-state index in [4.69, 9.17) is 6.58 Å². The third-order valence-corrected chi connectivity index (χ3v) is 5.83. The summed E-state index contributed by atoms with van der Waals surface area (Å²) in [7, 11) is 0. The van der Waals surface area contributed by atoms with Gasteiger partial charge in [0.25, 0.3) is 0 Å². The van der Waals surface area contributed by atoms with Gasteiger partial charge in [0.05, 0.1) is 16.6 Å². The smallest absolute Gasteiger partial charge is 0.466 e. The quantitative estimate of drug-likeness (QED) is 0.225. The Bertz CT molecular complexity index is 1150. The van der Waals surface area contributed by atoms with Crippen molar-refractivity contribution < 1.29 is 41.2 Å². The average Bonchev–Trinajstić information content (AvgIpc) is 3.30. The van der Waals surface area contributed by atoms with Crippen LogP contribution in [0, 0.1) is 19.3 Å². The summed E-state index contributed by atoms with van der Waals surface area (Å²) < 4.78 is 53.8. The number of hydrogen-bond donors (Lipinski definition) is 1. The van der Waals surface area contributed by atoms with Gasteiger partial charge in [-0.1, -0.05) is 36.7 Å². The largest absolute Gasteiger partial charge is 1.00 e. The number of amides is 1. The number of aryl methyl sites for hydroxylation is 1. The summed E-state index contributed by atoms with van der Waals surface area (Å²) in [6, 6.07) is 1.88. The SMILES string of the molecule is [CH-]=C(/C=C(/C(=O)N[C@H](C)c1cccc(C(F)(F)F)c1F)C1=NC(C)(C)C[N-]1)c1cnc(C)s1.[Li+]. The maximum Gasteiger partial charge on any atom is 1.00 e. The molecule has 2 aromatic rings. The molecule has 1 aromatic carbocycles. The zero-order valence-electron chi connectivity index (χ0n) is 19.4. The molecule has 1 amide bonds. The Morgan fingerprint density at radius 1 is 1.35 bits per heavy atom. The van der Waals surface area contributed by atoms with E-state index in [1.54, 1.807) is 6.20 Å². The average molecular weight is 485 g/mol. The molecule has 0 saturated heterocycles. The number of carbonyl (C=O) groups is 1. The summed E-state index contributed by atoms with van der Waals surface area (Å²) in [5.74, 6) is -1.96. The monoisotopic (exact) mass is 485 g/mol. The molecule has 5 nitrogen and oxygen atoms in total. The number of aromatic nitrogens is 1. The molecule has 0 unspecified atom stereocenters. The van der Waals surface area contributed by atoms with Gasteiger partial charge in [-0.05, 0) is 43.8 Å². The molecule has 3 rings (SSSR count). The van der Waals surface area contributed by atoms with E-state index in [1.807, 2.05) is 20.8 Å². The number of halogens is 4. The van der Waals surface area contributed by atoms with E-state index in [-0.39, 0.29) is 41.4 Å². The molecule has 0 saturated carbocycles. The van der Waals surface area contributed by atoms with Crippen LogP contribution in [-0.2, 0) is 11.0 Å². The molecule has 0 spiro atoms. The molecular formula is C23H22F4LiN4OS-. The minimum absolute atomic E-state index is 0. The third-order valence-electron chi connectivity index (χ3n) is 4.86. The summed E-state index contributed by atoms with van der Waals surface area (Å²) in [4.78, 5) is 22.4. The van der Waals surface area contributed by atoms with Crippen LogP contribution in [0.1, 0.15) is 47.8 Å². The normalized spacial score (nSPS) is 16.2. The number of allylic oxidation sites excluding steroid dienone is 2. The van der Waals surface area contributed by atoms with Crippen molar-refractivity contribution in [1.82, 2.24) is 10.3 Å². The van der Waals surface area contributed by atoms with Gasteiger partial charge in [0.2, 0.25) is 5.91 Å². The van der Waals surface area contributed by atoms with Crippen molar-refractivity contribution >= 4 is 28.7 Å². The maximum absolute atomic E-state index is 14.5. The second kappa shape index (κ2) is 10.5. The second-order valence-electron chi connectivity index (χ2n) is 8.22. The predicted octanol–water partition coefficient (Wildman–Crippen LogP) is 2.80. The van der Waals surface area contributed by atoms with Crippen LogP contribution in [-0.4, -0.2) is 28.8 Å². The van der Waals surface area contributed by atoms with Crippen molar-refractivity contribution in [3.8, 4) is 0 Å². The van der Waals surface area contributed by atoms with Gasteiger partial charge in [-0.3, -0.25) is 9.78 Å². The molecule has 1 aromatic heterocycles. The Morgan fingerprint density at radius 2 is 2.03 bits per heavy atom. The number of carbonyl (C=O) groups excluding carboxylic acids is 1. The minimum atomic E-state index is -4.85. The third kappa shape index (κ3) is 6.37. The fraction of sp³-hybridized carbons (Fsp3) is 0.348. The van der Waals surface area contributed by atoms with Crippen molar-refractivity contribution in [2.24, 2.45) is 4.99 Å². The van der Waals surface area contributed by atoms with E-state index >= 15 is 0 Å². The zero-order chi connectivity index (χ0) is 24.6. The van der Waals surface area contributed by atoms with E-state index in [1.165, 1.54) is 30.4 Å². The first kappa shape index (κ1) is 27.8. The van der Waals surface area contributed by atoms with Crippen LogP contribution in [0.4, 0.5) is 17.6 Å². The number of thiazole rings is 1. The Hall–Kier alpha value is -2.41. The van der Waals surface area contributed by atoms with Gasteiger partial charge in [0.1, 0.15) is 5.82 Å². The van der Waals surface area contributed by atoms with E-state index in [9.17, 15) is 22.4 Å². The van der Waals surface area contributed by atoms with Gasteiger partial charge >= 0.3 is 25.0 Å². The number of hydrogen-bond acceptors (Lipinski definition) is 4. The second-order valence-corrected chi connectivity index (χ2v) is 9.46. The van der Waals surface area contributed by atoms with Crippen LogP contribution in [0.2, 0.25) is 0 Å². The predicted molar refractivity (Wildman–Crippen MR) is 120 cm³/mol. The summed E-state index contributed by atoms with van der Waals surface area (Å²) in [5.41, 5.74) is -1.93. The molecule has 0 bridgehead atoms. The molecule has 1 aliphatic heterocycles. The molecule has 11 heteroatoms. The van der Waals surface area contributed by atoms with Crippen molar-refractivity contribution in [3.63, 3.8) is 0 Å². The Labute approximate surface area is 211 Å². The number of benzene rings is 1. The van der Waals surface area contributed by atoms with Gasteiger partial charge < -0.3 is 15.6 Å². The van der Waals surface area contributed by atoms with Crippen molar-refractivity contribution in [3.05, 3.63) is 74.8 Å². The Morgan fingerprint density at radius 3 is 2.56 bits per heavy atom. The molecule has 34 heavy (non-hydrogen) atoms. The fourth-order valence-electron chi connectivity index (χ4n) is 3.18. The van der Waals surface area contributed by atoms with Crippen LogP contribution < -0.4 is 24.2 Å². The number of alkyl halides is 3. The van der Waals surface area contributed by atoms with Crippen molar-refractivity contribution in [2.45, 2.75) is 45.5 Å². The number of nitrogens with one attached hydrogen (secondary N) is 1. The summed E-state index contributed by atoms with van der Waals surface area (Å²) >= 11 is 1.33. The molecule has 0 aliphatic carbocycles. The molecule has 1 atom stereocenters. The first-order valence-electron chi connectivity index (χ1n) is 9.99. The van der Waals surface area contributed by atoms with Crippen LogP contribution in [0.15, 0.2) is 41.0 Å². The van der Waals surface area contributed by atoms with Crippen LogP contribution in [0.3, 0.4) is 0 Å². The maximum atomic E-state index is 14.5. The fourth-order valence-corrected chi connectivity index (χ4v) is 3.89. The topological polar surface area (TPSA) is 68.5 Å². The van der Waals surface area contributed by atoms with E-state index in [2.05, 4.69) is 20.6 Å². The van der Waals surface area contributed by atoms with Gasteiger partial charge in [-0.15, -0.1) is 6.08 Å². The van der Waals surface area contributed by atoms with Gasteiger partial charge in [0.15, 0.2) is 0 Å². The minimum Gasteiger partial charge on any atom is -0.466 e. The number of nitrogens with zero attached hydrogens (tertiary/aromatic N) is 3. The number of aliphatic imine (C=N–C) groups is 1. The standard InChI is InChI=1S/C23H23F4N4OS.Li/c1-12(18-10-28-14(3)33-18)9-16(20-29-11-22(4,5)31-20)21(32)30-13(2)15-7-6-8-17(19(15)24)23(25,26)27;/h1,6-10,13H,11H2,2-5H3,(H2,29,30,31,32);/q-1;+1/p-1/b16-9+;/t13-;/m1./s1. The van der Waals surface area contributed by atoms with Gasteiger partial charge in [-0.2, -0.15) is 30.1 Å². The first-order valence-corrected chi connectivity index (χ1v) is 10.8. The van der Waals surface area contributed by atoms with Crippen molar-refractivity contribution in [1.29, 1.82) is 0 Å². The number of rotatable bonds is 6. The molecule has 176 valence electrons. The van der Waals surface area contributed by atoms with Crippen LogP contribution in [0.25, 0.3) is 10.9 Å². The summed E-state index contributed by atoms with van der Waals surface area (Å²) in [6.45, 7) is 13.4. The summed E-state index contributed by atoms with van der Waals surface area (Å²) in [6.07, 6.45) is -1.88. The molecule has 1 aliphatic rings. The Kier molecular flexibility index (Phi) is 8.56. The van der Waals surface area contributed by atoms with E-state index in [0.29, 0.717) is 17.5 Å². The zero-order valence-corrected chi connectivity index (χ0v) is 20.2. The van der Waals surface area contributed by atoms with Crippen molar-refractivity contribution in [2.75, 3.05) is 6.54 Å². The molecule has 1 N–H and O–H groups in total.